The van der Waals surface area contributed by atoms with Gasteiger partial charge in [-0.25, -0.2) is 0 Å². The van der Waals surface area contributed by atoms with Crippen LogP contribution in [0.4, 0.5) is 11.6 Å². The molecule has 2 heterocycles. The number of nitro groups is 1. The third kappa shape index (κ3) is 2.05. The highest BCUT2D eigenvalue weighted by Gasteiger charge is 2.32. The third-order valence-electron chi connectivity index (χ3n) is 3.53. The molecule has 1 aromatic rings. The monoisotopic (exact) mass is 253 g/mol. The standard InChI is InChI=1S/C11H19N5O2/c1-4-15(9-5-6-12-7-9)11-10(16(17)18)13-8(2)14(11)3/h9,12H,4-7H2,1-3H3. The molecule has 1 unspecified atom stereocenters. The summed E-state index contributed by atoms with van der Waals surface area (Å²) in [5.41, 5.74) is 0. The Morgan fingerprint density at radius 1 is 1.67 bits per heavy atom. The second-order valence-electron chi connectivity index (χ2n) is 4.55. The number of rotatable bonds is 4. The van der Waals surface area contributed by atoms with E-state index in [0.29, 0.717) is 17.7 Å². The van der Waals surface area contributed by atoms with E-state index in [9.17, 15) is 10.1 Å². The van der Waals surface area contributed by atoms with Crippen LogP contribution in [0.1, 0.15) is 19.2 Å². The Labute approximate surface area is 106 Å². The van der Waals surface area contributed by atoms with Crippen LogP contribution in [0.5, 0.6) is 0 Å². The Morgan fingerprint density at radius 3 is 2.89 bits per heavy atom. The number of aryl methyl sites for hydroxylation is 1. The number of nitrogens with zero attached hydrogens (tertiary/aromatic N) is 4. The van der Waals surface area contributed by atoms with Crippen molar-refractivity contribution in [2.45, 2.75) is 26.3 Å². The molecule has 1 aliphatic rings. The fraction of sp³-hybridized carbons (Fsp3) is 0.727. The first kappa shape index (κ1) is 12.8. The summed E-state index contributed by atoms with van der Waals surface area (Å²) < 4.78 is 1.81. The van der Waals surface area contributed by atoms with E-state index in [1.807, 2.05) is 14.0 Å². The van der Waals surface area contributed by atoms with Gasteiger partial charge < -0.3 is 20.3 Å². The maximum Gasteiger partial charge on any atom is 0.406 e. The number of aromatic nitrogens is 2. The Hall–Kier alpha value is -1.63. The zero-order chi connectivity index (χ0) is 13.3. The Kier molecular flexibility index (Phi) is 3.51. The first-order valence-electron chi connectivity index (χ1n) is 6.21. The molecule has 1 N–H and O–H groups in total. The fourth-order valence-electron chi connectivity index (χ4n) is 2.51. The summed E-state index contributed by atoms with van der Waals surface area (Å²) in [7, 11) is 1.83. The summed E-state index contributed by atoms with van der Waals surface area (Å²) in [5, 5.41) is 14.4. The molecule has 0 amide bonds. The predicted molar refractivity (Wildman–Crippen MR) is 68.9 cm³/mol. The molecule has 1 aromatic heterocycles. The van der Waals surface area contributed by atoms with Gasteiger partial charge in [-0.2, -0.15) is 0 Å². The van der Waals surface area contributed by atoms with Crippen LogP contribution in [0, 0.1) is 17.0 Å². The summed E-state index contributed by atoms with van der Waals surface area (Å²) in [6.07, 6.45) is 1.01. The normalized spacial score (nSPS) is 19.2. The molecule has 1 fully saturated rings. The Morgan fingerprint density at radius 2 is 2.39 bits per heavy atom. The van der Waals surface area contributed by atoms with Crippen molar-refractivity contribution in [1.82, 2.24) is 14.9 Å². The van der Waals surface area contributed by atoms with E-state index < -0.39 is 4.92 Å². The molecule has 7 nitrogen and oxygen atoms in total. The van der Waals surface area contributed by atoms with Gasteiger partial charge in [0.05, 0.1) is 0 Å². The average molecular weight is 253 g/mol. The molecule has 7 heteroatoms. The molecule has 100 valence electrons. The first-order valence-corrected chi connectivity index (χ1v) is 6.21. The number of imidazole rings is 1. The fourth-order valence-corrected chi connectivity index (χ4v) is 2.51. The molecule has 0 radical (unpaired) electrons. The largest absolute Gasteiger partial charge is 0.406 e. The van der Waals surface area contributed by atoms with E-state index in [2.05, 4.69) is 15.2 Å². The highest BCUT2D eigenvalue weighted by Crippen LogP contribution is 2.30. The summed E-state index contributed by atoms with van der Waals surface area (Å²) >= 11 is 0. The minimum absolute atomic E-state index is 0.0382. The van der Waals surface area contributed by atoms with Gasteiger partial charge in [0, 0.05) is 33.1 Å². The van der Waals surface area contributed by atoms with Gasteiger partial charge in [-0.3, -0.25) is 4.57 Å². The highest BCUT2D eigenvalue weighted by atomic mass is 16.6. The van der Waals surface area contributed by atoms with Crippen LogP contribution in [0.3, 0.4) is 0 Å². The molecule has 1 saturated heterocycles. The van der Waals surface area contributed by atoms with Crippen LogP contribution in [-0.2, 0) is 7.05 Å². The lowest BCUT2D eigenvalue weighted by Crippen LogP contribution is -2.38. The molecule has 0 aliphatic carbocycles. The number of hydrogen-bond donors (Lipinski definition) is 1. The quantitative estimate of drug-likeness (QED) is 0.635. The van der Waals surface area contributed by atoms with E-state index in [1.165, 1.54) is 0 Å². The van der Waals surface area contributed by atoms with E-state index >= 15 is 0 Å². The topological polar surface area (TPSA) is 76.2 Å². The maximum atomic E-state index is 11.1. The van der Waals surface area contributed by atoms with Crippen molar-refractivity contribution in [3.05, 3.63) is 15.9 Å². The zero-order valence-electron chi connectivity index (χ0n) is 11.0. The lowest BCUT2D eigenvalue weighted by molar-refractivity contribution is -0.388. The van der Waals surface area contributed by atoms with Gasteiger partial charge in [-0.15, -0.1) is 0 Å². The van der Waals surface area contributed by atoms with E-state index in [1.54, 1.807) is 11.5 Å². The van der Waals surface area contributed by atoms with Crippen molar-refractivity contribution in [3.8, 4) is 0 Å². The van der Waals surface area contributed by atoms with Crippen molar-refractivity contribution in [2.75, 3.05) is 24.5 Å². The van der Waals surface area contributed by atoms with Gasteiger partial charge in [-0.05, 0) is 29.8 Å². The molecule has 2 rings (SSSR count). The van der Waals surface area contributed by atoms with Gasteiger partial charge in [0.2, 0.25) is 11.6 Å². The van der Waals surface area contributed by atoms with Gasteiger partial charge in [0.25, 0.3) is 0 Å². The zero-order valence-corrected chi connectivity index (χ0v) is 11.0. The summed E-state index contributed by atoms with van der Waals surface area (Å²) in [6, 6.07) is 0.309. The Bertz CT molecular complexity index is 451. The van der Waals surface area contributed by atoms with Crippen molar-refractivity contribution < 1.29 is 4.92 Å². The van der Waals surface area contributed by atoms with Gasteiger partial charge in [0.15, 0.2) is 0 Å². The van der Waals surface area contributed by atoms with Crippen LogP contribution >= 0.6 is 0 Å². The second kappa shape index (κ2) is 4.93. The smallest absolute Gasteiger partial charge is 0.358 e. The summed E-state index contributed by atoms with van der Waals surface area (Å²) in [6.45, 7) is 6.38. The summed E-state index contributed by atoms with van der Waals surface area (Å²) in [4.78, 5) is 16.8. The van der Waals surface area contributed by atoms with Crippen LogP contribution in [0.2, 0.25) is 0 Å². The first-order chi connectivity index (χ1) is 8.56. The molecule has 1 atom stereocenters. The number of nitrogens with one attached hydrogen (secondary N) is 1. The van der Waals surface area contributed by atoms with Crippen LogP contribution in [0.15, 0.2) is 0 Å². The molecular formula is C11H19N5O2. The number of likely N-dealkylation sites (N-methyl/N-ethyl adjacent to an activating group) is 1. The predicted octanol–water partition coefficient (Wildman–Crippen LogP) is 0.825. The number of anilines is 1. The Balaban J connectivity index is 2.43. The maximum absolute atomic E-state index is 11.1. The van der Waals surface area contributed by atoms with E-state index in [4.69, 9.17) is 0 Å². The van der Waals surface area contributed by atoms with Gasteiger partial charge >= 0.3 is 5.82 Å². The lowest BCUT2D eigenvalue weighted by Gasteiger charge is -2.28. The molecular weight excluding hydrogens is 234 g/mol. The van der Waals surface area contributed by atoms with Crippen LogP contribution < -0.4 is 10.2 Å². The number of hydrogen-bond acceptors (Lipinski definition) is 5. The van der Waals surface area contributed by atoms with Crippen molar-refractivity contribution >= 4 is 11.6 Å². The van der Waals surface area contributed by atoms with Crippen molar-refractivity contribution in [2.24, 2.45) is 7.05 Å². The average Bonchev–Trinajstić information content (AvgIpc) is 2.93. The molecule has 0 bridgehead atoms. The van der Waals surface area contributed by atoms with E-state index in [0.717, 1.165) is 26.1 Å². The molecule has 0 spiro atoms. The lowest BCUT2D eigenvalue weighted by atomic mass is 10.2. The van der Waals surface area contributed by atoms with E-state index in [-0.39, 0.29) is 5.82 Å². The minimum Gasteiger partial charge on any atom is -0.358 e. The molecule has 0 aromatic carbocycles. The highest BCUT2D eigenvalue weighted by molar-refractivity contribution is 5.56. The SMILES string of the molecule is CCN(c1c([N+](=O)[O-])nc(C)n1C)C1CCNC1. The third-order valence-corrected chi connectivity index (χ3v) is 3.53. The second-order valence-corrected chi connectivity index (χ2v) is 4.55. The van der Waals surface area contributed by atoms with Gasteiger partial charge in [0.1, 0.15) is 0 Å². The van der Waals surface area contributed by atoms with Gasteiger partial charge in [-0.1, -0.05) is 0 Å². The van der Waals surface area contributed by atoms with Crippen LogP contribution in [0.25, 0.3) is 0 Å². The van der Waals surface area contributed by atoms with Crippen LogP contribution in [-0.4, -0.2) is 40.2 Å². The molecule has 18 heavy (non-hydrogen) atoms. The molecule has 1 aliphatic heterocycles. The van der Waals surface area contributed by atoms with Crippen molar-refractivity contribution in [3.63, 3.8) is 0 Å². The summed E-state index contributed by atoms with van der Waals surface area (Å²) in [5.74, 6) is 1.25. The van der Waals surface area contributed by atoms with Crippen molar-refractivity contribution in [1.29, 1.82) is 0 Å². The molecule has 0 saturated carbocycles. The minimum atomic E-state index is -0.395.